The predicted molar refractivity (Wildman–Crippen MR) is 156 cm³/mol. The van der Waals surface area contributed by atoms with E-state index in [-0.39, 0.29) is 6.54 Å². The molecule has 41 heavy (non-hydrogen) atoms. The second-order valence-electron chi connectivity index (χ2n) is 9.45. The number of halogens is 2. The topological polar surface area (TPSA) is 97.7 Å². The van der Waals surface area contributed by atoms with Crippen LogP contribution in [0, 0.1) is 11.7 Å². The van der Waals surface area contributed by atoms with Crippen molar-refractivity contribution in [3.63, 3.8) is 0 Å². The van der Waals surface area contributed by atoms with Crippen molar-refractivity contribution in [2.45, 2.75) is 22.7 Å². The Kier molecular flexibility index (Phi) is 7.18. The van der Waals surface area contributed by atoms with E-state index < -0.39 is 45.5 Å². The van der Waals surface area contributed by atoms with Crippen LogP contribution in [0.4, 0.5) is 15.8 Å². The molecular formula is C29H21ClFN3O5S2. The van der Waals surface area contributed by atoms with E-state index in [2.05, 4.69) is 5.32 Å². The van der Waals surface area contributed by atoms with E-state index in [0.717, 1.165) is 23.1 Å². The highest BCUT2D eigenvalue weighted by Crippen LogP contribution is 2.55. The molecule has 12 heteroatoms. The first kappa shape index (κ1) is 27.3. The van der Waals surface area contributed by atoms with Gasteiger partial charge in [-0.3, -0.25) is 23.7 Å². The average Bonchev–Trinajstić information content (AvgIpc) is 3.41. The van der Waals surface area contributed by atoms with E-state index in [9.17, 15) is 23.6 Å². The molecule has 1 aromatic heterocycles. The standard InChI is InChI=1S/C29H21ClFN3O5S2/c1-39-20-5-3-2-4-19(20)22-23-24(27(37)34(26(23)36)18-12-6-15(30)7-13-18)40-28-25(22)41-29(38)33(28)14-21(35)32-17-10-8-16(31)9-11-17/h2-13,22-24H,14H2,1H3,(H,32,35)/t22-,23-,24+/m0/s1. The Morgan fingerprint density at radius 1 is 1.00 bits per heavy atom. The molecule has 1 fully saturated rings. The summed E-state index contributed by atoms with van der Waals surface area (Å²) in [7, 11) is 1.52. The molecule has 1 N–H and O–H groups in total. The number of para-hydroxylation sites is 1. The summed E-state index contributed by atoms with van der Waals surface area (Å²) in [5.41, 5.74) is 1.44. The third-order valence-electron chi connectivity index (χ3n) is 7.04. The number of carbonyl (C=O) groups is 3. The summed E-state index contributed by atoms with van der Waals surface area (Å²) in [6.07, 6.45) is 0. The van der Waals surface area contributed by atoms with Gasteiger partial charge in [0.25, 0.3) is 0 Å². The summed E-state index contributed by atoms with van der Waals surface area (Å²) in [5, 5.41) is 2.74. The van der Waals surface area contributed by atoms with Crippen molar-refractivity contribution >= 4 is 63.8 Å². The average molecular weight is 610 g/mol. The predicted octanol–water partition coefficient (Wildman–Crippen LogP) is 5.15. The van der Waals surface area contributed by atoms with Crippen molar-refractivity contribution in [1.82, 2.24) is 4.57 Å². The molecule has 0 bridgehead atoms. The normalized spacial score (nSPS) is 19.6. The van der Waals surface area contributed by atoms with Gasteiger partial charge >= 0.3 is 4.87 Å². The minimum atomic E-state index is -0.846. The molecule has 0 aliphatic carbocycles. The van der Waals surface area contributed by atoms with E-state index >= 15 is 0 Å². The maximum absolute atomic E-state index is 14.0. The molecule has 6 rings (SSSR count). The van der Waals surface area contributed by atoms with Crippen LogP contribution in [-0.4, -0.2) is 34.6 Å². The number of anilines is 2. The van der Waals surface area contributed by atoms with Crippen LogP contribution in [0.3, 0.4) is 0 Å². The van der Waals surface area contributed by atoms with E-state index in [1.54, 1.807) is 36.4 Å². The van der Waals surface area contributed by atoms with Crippen molar-refractivity contribution in [1.29, 1.82) is 0 Å². The Morgan fingerprint density at radius 2 is 1.71 bits per heavy atom. The second kappa shape index (κ2) is 10.8. The Labute approximate surface area is 246 Å². The lowest BCUT2D eigenvalue weighted by Crippen LogP contribution is -2.33. The van der Waals surface area contributed by atoms with Gasteiger partial charge in [0.2, 0.25) is 17.7 Å². The van der Waals surface area contributed by atoms with Gasteiger partial charge in [0.05, 0.1) is 23.7 Å². The van der Waals surface area contributed by atoms with E-state index in [1.165, 1.54) is 40.8 Å². The van der Waals surface area contributed by atoms with Crippen LogP contribution < -0.4 is 19.8 Å². The number of thioether (sulfide) groups is 1. The molecule has 2 aliphatic heterocycles. The number of hydrogen-bond donors (Lipinski definition) is 1. The number of amides is 3. The van der Waals surface area contributed by atoms with Gasteiger partial charge in [-0.1, -0.05) is 52.9 Å². The van der Waals surface area contributed by atoms with Crippen LogP contribution in [0.5, 0.6) is 5.75 Å². The van der Waals surface area contributed by atoms with Crippen LogP contribution in [0.25, 0.3) is 0 Å². The van der Waals surface area contributed by atoms with Crippen LogP contribution >= 0.6 is 34.7 Å². The van der Waals surface area contributed by atoms with Crippen LogP contribution in [0.15, 0.2) is 82.6 Å². The molecule has 8 nitrogen and oxygen atoms in total. The summed E-state index contributed by atoms with van der Waals surface area (Å²) in [5.74, 6) is -2.71. The number of ether oxygens (including phenoxy) is 1. The smallest absolute Gasteiger partial charge is 0.308 e. The Bertz CT molecular complexity index is 1740. The number of carbonyl (C=O) groups excluding carboxylic acids is 3. The number of methoxy groups -OCH3 is 1. The number of nitrogens with zero attached hydrogens (tertiary/aromatic N) is 2. The van der Waals surface area contributed by atoms with Gasteiger partial charge in [-0.2, -0.15) is 0 Å². The van der Waals surface area contributed by atoms with Crippen molar-refractivity contribution in [2.75, 3.05) is 17.3 Å². The van der Waals surface area contributed by atoms with Gasteiger partial charge < -0.3 is 10.1 Å². The van der Waals surface area contributed by atoms with Gasteiger partial charge in [0, 0.05) is 27.1 Å². The van der Waals surface area contributed by atoms with E-state index in [1.807, 2.05) is 12.1 Å². The highest BCUT2D eigenvalue weighted by molar-refractivity contribution is 8.00. The third-order valence-corrected chi connectivity index (χ3v) is 9.89. The monoisotopic (exact) mass is 609 g/mol. The number of benzene rings is 3. The maximum atomic E-state index is 14.0. The largest absolute Gasteiger partial charge is 0.496 e. The van der Waals surface area contributed by atoms with Crippen LogP contribution in [0.2, 0.25) is 5.02 Å². The number of aromatic nitrogens is 1. The SMILES string of the molecule is COc1ccccc1[C@@H]1c2sc(=O)n(CC(=O)Nc3ccc(F)cc3)c2S[C@H]2C(=O)N(c3ccc(Cl)cc3)C(=O)[C@@H]12. The fraction of sp³-hybridized carbons (Fsp3) is 0.172. The molecule has 3 amide bonds. The molecule has 3 heterocycles. The van der Waals surface area contributed by atoms with Crippen LogP contribution in [0.1, 0.15) is 16.4 Å². The molecule has 3 atom stereocenters. The zero-order valence-corrected chi connectivity index (χ0v) is 23.8. The first-order valence-electron chi connectivity index (χ1n) is 12.5. The summed E-state index contributed by atoms with van der Waals surface area (Å²) in [6, 6.07) is 18.9. The molecule has 208 valence electrons. The van der Waals surface area contributed by atoms with Gasteiger partial charge in [-0.25, -0.2) is 9.29 Å². The summed E-state index contributed by atoms with van der Waals surface area (Å²) in [4.78, 5) is 55.4. The lowest BCUT2D eigenvalue weighted by molar-refractivity contribution is -0.122. The van der Waals surface area contributed by atoms with Gasteiger partial charge in [-0.15, -0.1) is 0 Å². The van der Waals surface area contributed by atoms with Gasteiger partial charge in [0.1, 0.15) is 23.4 Å². The Hall–Kier alpha value is -3.93. The summed E-state index contributed by atoms with van der Waals surface area (Å²) in [6.45, 7) is -0.325. The number of hydrogen-bond acceptors (Lipinski definition) is 7. The minimum absolute atomic E-state index is 0.325. The van der Waals surface area contributed by atoms with Crippen molar-refractivity contribution in [2.24, 2.45) is 5.92 Å². The molecule has 2 aliphatic rings. The fourth-order valence-corrected chi connectivity index (χ4v) is 8.13. The highest BCUT2D eigenvalue weighted by atomic mass is 35.5. The minimum Gasteiger partial charge on any atom is -0.496 e. The lowest BCUT2D eigenvalue weighted by Gasteiger charge is -2.31. The maximum Gasteiger partial charge on any atom is 0.308 e. The van der Waals surface area contributed by atoms with Gasteiger partial charge in [-0.05, 0) is 54.6 Å². The number of fused-ring (bicyclic) bond motifs is 2. The molecule has 0 radical (unpaired) electrons. The number of nitrogens with one attached hydrogen (secondary N) is 1. The van der Waals surface area contributed by atoms with Crippen molar-refractivity contribution in [3.05, 3.63) is 104 Å². The molecule has 4 aromatic rings. The Balaban J connectivity index is 1.43. The molecular weight excluding hydrogens is 589 g/mol. The molecule has 3 aromatic carbocycles. The molecule has 0 spiro atoms. The van der Waals surface area contributed by atoms with E-state index in [0.29, 0.717) is 37.6 Å². The summed E-state index contributed by atoms with van der Waals surface area (Å²) >= 11 is 8.10. The lowest BCUT2D eigenvalue weighted by atomic mass is 9.82. The van der Waals surface area contributed by atoms with Gasteiger partial charge in [0.15, 0.2) is 0 Å². The molecule has 1 saturated heterocycles. The van der Waals surface area contributed by atoms with Crippen molar-refractivity contribution in [3.8, 4) is 5.75 Å². The Morgan fingerprint density at radius 3 is 2.41 bits per heavy atom. The zero-order chi connectivity index (χ0) is 28.8. The first-order chi connectivity index (χ1) is 19.8. The summed E-state index contributed by atoms with van der Waals surface area (Å²) < 4.78 is 20.2. The molecule has 0 saturated carbocycles. The van der Waals surface area contributed by atoms with Crippen LogP contribution in [-0.2, 0) is 20.9 Å². The quantitative estimate of drug-likeness (QED) is 0.304. The third kappa shape index (κ3) is 4.83. The van der Waals surface area contributed by atoms with Crippen molar-refractivity contribution < 1.29 is 23.5 Å². The second-order valence-corrected chi connectivity index (χ2v) is 12.0. The fourth-order valence-electron chi connectivity index (χ4n) is 5.24. The zero-order valence-electron chi connectivity index (χ0n) is 21.4. The first-order valence-corrected chi connectivity index (χ1v) is 14.6. The highest BCUT2D eigenvalue weighted by Gasteiger charge is 2.57. The number of thiazole rings is 1. The number of rotatable bonds is 6. The molecule has 0 unspecified atom stereocenters. The number of imide groups is 1. The van der Waals surface area contributed by atoms with E-state index in [4.69, 9.17) is 16.3 Å².